The van der Waals surface area contributed by atoms with Gasteiger partial charge in [-0.1, -0.05) is 0 Å². The average molecular weight is 256 g/mol. The molecule has 0 saturated carbocycles. The number of carboxylic acids is 1. The smallest absolute Gasteiger partial charge is 0.547 e. The van der Waals surface area contributed by atoms with Gasteiger partial charge in [0.05, 0.1) is 12.1 Å². The van der Waals surface area contributed by atoms with Gasteiger partial charge in [0.2, 0.25) is 0 Å². The molecule has 0 radical (unpaired) electrons. The van der Waals surface area contributed by atoms with Crippen molar-refractivity contribution in [2.75, 3.05) is 0 Å². The molecule has 0 rings (SSSR count). The van der Waals surface area contributed by atoms with Crippen molar-refractivity contribution in [2.45, 2.75) is 20.0 Å². The first-order valence-electron chi connectivity index (χ1n) is 2.57. The number of carbonyl (C=O) groups excluding carboxylic acids is 1. The molecule has 0 fully saturated rings. The minimum atomic E-state index is -1.44. The van der Waals surface area contributed by atoms with Gasteiger partial charge in [-0.3, -0.25) is 0 Å². The molecule has 5 nitrogen and oxygen atoms in total. The van der Waals surface area contributed by atoms with Crippen molar-refractivity contribution in [3.63, 3.8) is 0 Å². The van der Waals surface area contributed by atoms with Crippen molar-refractivity contribution in [1.82, 2.24) is 0 Å². The van der Waals surface area contributed by atoms with Crippen LogP contribution >= 0.6 is 0 Å². The van der Waals surface area contributed by atoms with Crippen molar-refractivity contribution >= 4 is 12.2 Å². The molecule has 0 aliphatic heterocycles. The second kappa shape index (κ2) is 12.3. The van der Waals surface area contributed by atoms with E-state index in [1.54, 1.807) is 6.92 Å². The molecule has 1 atom stereocenters. The van der Waals surface area contributed by atoms with Gasteiger partial charge < -0.3 is 20.2 Å². The van der Waals surface area contributed by atoms with Crippen LogP contribution in [0.3, 0.4) is 0 Å². The van der Waals surface area contributed by atoms with Gasteiger partial charge in [0.25, 0.3) is 0 Å². The van der Waals surface area contributed by atoms with E-state index < -0.39 is 12.1 Å². The van der Waals surface area contributed by atoms with Gasteiger partial charge in [-0.15, -0.1) is 5.16 Å². The van der Waals surface area contributed by atoms with Crippen LogP contribution in [0.1, 0.15) is 13.8 Å². The minimum Gasteiger partial charge on any atom is -0.547 e. The summed E-state index contributed by atoms with van der Waals surface area (Å²) < 4.78 is 0. The molecule has 11 heavy (non-hydrogen) atoms. The molecule has 0 aromatic carbocycles. The van der Waals surface area contributed by atoms with Crippen LogP contribution in [-0.2, 0) is 27.2 Å². The van der Waals surface area contributed by atoms with Crippen LogP contribution < -0.4 is 5.11 Å². The van der Waals surface area contributed by atoms with Crippen LogP contribution in [0.5, 0.6) is 0 Å². The van der Waals surface area contributed by atoms with Crippen molar-refractivity contribution in [1.29, 1.82) is 0 Å². The van der Waals surface area contributed by atoms with E-state index in [4.69, 9.17) is 10.3 Å². The molecule has 0 amide bonds. The molecule has 0 saturated heterocycles. The van der Waals surface area contributed by atoms with E-state index >= 15 is 0 Å². The first kappa shape index (κ1) is 16.9. The molecule has 0 bridgehead atoms. The molecule has 0 heterocycles. The molecule has 6 heteroatoms. The zero-order valence-corrected chi connectivity index (χ0v) is 7.60. The molecule has 0 aliphatic carbocycles. The number of nitrogens with zero attached hydrogens (tertiary/aromatic N) is 1. The van der Waals surface area contributed by atoms with E-state index in [1.807, 2.05) is 0 Å². The molecule has 0 aliphatic rings. The van der Waals surface area contributed by atoms with E-state index in [-0.39, 0.29) is 22.4 Å². The van der Waals surface area contributed by atoms with Gasteiger partial charge in [0, 0.05) is 6.21 Å². The first-order valence-corrected chi connectivity index (χ1v) is 2.57. The summed E-state index contributed by atoms with van der Waals surface area (Å²) in [4.78, 5) is 9.34. The van der Waals surface area contributed by atoms with Gasteiger partial charge in [0.1, 0.15) is 0 Å². The van der Waals surface area contributed by atoms with Crippen molar-refractivity contribution in [2.24, 2.45) is 5.16 Å². The fourth-order valence-electron chi connectivity index (χ4n) is 0. The van der Waals surface area contributed by atoms with E-state index in [0.29, 0.717) is 0 Å². The second-order valence-corrected chi connectivity index (χ2v) is 1.37. The number of aliphatic hydroxyl groups is 1. The summed E-state index contributed by atoms with van der Waals surface area (Å²) in [5.74, 6) is -1.44. The molecule has 70 valence electrons. The fourth-order valence-corrected chi connectivity index (χ4v) is 0. The number of hydrogen-bond donors (Lipinski definition) is 2. The maximum atomic E-state index is 9.34. The summed E-state index contributed by atoms with van der Waals surface area (Å²) in [5, 5.41) is 27.4. The number of rotatable bonds is 1. The van der Waals surface area contributed by atoms with Gasteiger partial charge in [-0.2, -0.15) is 0 Å². The van der Waals surface area contributed by atoms with Gasteiger partial charge >= 0.3 is 22.4 Å². The van der Waals surface area contributed by atoms with Crippen LogP contribution in [0, 0.1) is 0 Å². The number of aliphatic carboxylic acids is 1. The fraction of sp³-hybridized carbons (Fsp3) is 0.600. The second-order valence-electron chi connectivity index (χ2n) is 1.37. The first-order chi connectivity index (χ1) is 4.56. The maximum absolute atomic E-state index is 9.34. The van der Waals surface area contributed by atoms with E-state index in [1.165, 1.54) is 6.21 Å². The zero-order valence-electron chi connectivity index (χ0n) is 6.11. The molecule has 1 unspecified atom stereocenters. The summed E-state index contributed by atoms with van der Waals surface area (Å²) in [7, 11) is 0. The summed E-state index contributed by atoms with van der Waals surface area (Å²) in [6.07, 6.45) is -0.0370. The van der Waals surface area contributed by atoms with Crippen LogP contribution in [0.4, 0.5) is 0 Å². The van der Waals surface area contributed by atoms with Gasteiger partial charge in [0.15, 0.2) is 0 Å². The topological polar surface area (TPSA) is 93.0 Å². The van der Waals surface area contributed by atoms with Crippen LogP contribution in [-0.4, -0.2) is 28.6 Å². The SMILES string of the molecule is CC(O)C(=O)[O-].CC=NO.[Ag+]. The predicted octanol–water partition coefficient (Wildman–Crippen LogP) is -1.42. The summed E-state index contributed by atoms with van der Waals surface area (Å²) in [5.41, 5.74) is 0. The molecule has 2 N–H and O–H groups in total. The maximum Gasteiger partial charge on any atom is 1.00 e. The Bertz CT molecular complexity index is 111. The molecular weight excluding hydrogens is 246 g/mol. The van der Waals surface area contributed by atoms with E-state index in [2.05, 4.69) is 5.16 Å². The third-order valence-corrected chi connectivity index (χ3v) is 0.457. The van der Waals surface area contributed by atoms with E-state index in [0.717, 1.165) is 6.92 Å². The number of carboxylic acid groups (broad SMARTS) is 1. The molecular formula is C5H10AgNO4. The Hall–Kier alpha value is -0.360. The third-order valence-electron chi connectivity index (χ3n) is 0.457. The normalized spacial score (nSPS) is 10.8. The molecule has 0 aromatic heterocycles. The number of aliphatic hydroxyl groups excluding tert-OH is 1. The minimum absolute atomic E-state index is 0. The Morgan fingerprint density at radius 2 is 1.91 bits per heavy atom. The average Bonchev–Trinajstić information content (AvgIpc) is 1.89. The summed E-state index contributed by atoms with van der Waals surface area (Å²) in [6, 6.07) is 0. The Morgan fingerprint density at radius 1 is 1.73 bits per heavy atom. The Labute approximate surface area is 80.2 Å². The van der Waals surface area contributed by atoms with Gasteiger partial charge in [-0.05, 0) is 13.8 Å². The largest absolute Gasteiger partial charge is 1.00 e. The number of oxime groups is 1. The van der Waals surface area contributed by atoms with Crippen LogP contribution in [0.15, 0.2) is 5.16 Å². The van der Waals surface area contributed by atoms with Crippen LogP contribution in [0.25, 0.3) is 0 Å². The van der Waals surface area contributed by atoms with Crippen molar-refractivity contribution < 1.29 is 42.6 Å². The quantitative estimate of drug-likeness (QED) is 0.260. The van der Waals surface area contributed by atoms with Crippen molar-refractivity contribution in [3.8, 4) is 0 Å². The Morgan fingerprint density at radius 3 is 1.91 bits per heavy atom. The number of carbonyl (C=O) groups is 1. The monoisotopic (exact) mass is 255 g/mol. The molecule has 0 aromatic rings. The van der Waals surface area contributed by atoms with Crippen molar-refractivity contribution in [3.05, 3.63) is 0 Å². The molecule has 0 spiro atoms. The third kappa shape index (κ3) is 26.1. The predicted molar refractivity (Wildman–Crippen MR) is 32.6 cm³/mol. The van der Waals surface area contributed by atoms with Crippen LogP contribution in [0.2, 0.25) is 0 Å². The summed E-state index contributed by atoms with van der Waals surface area (Å²) in [6.45, 7) is 2.77. The summed E-state index contributed by atoms with van der Waals surface area (Å²) >= 11 is 0. The van der Waals surface area contributed by atoms with Gasteiger partial charge in [-0.25, -0.2) is 0 Å². The Kier molecular flexibility index (Phi) is 19.0. The number of hydrogen-bond acceptors (Lipinski definition) is 5. The van der Waals surface area contributed by atoms with E-state index in [9.17, 15) is 9.90 Å². The standard InChI is InChI=1S/C3H6O3.C2H5NO.Ag/c1-2(4)3(5)6;1-2-3-4;/h2,4H,1H3,(H,5,6);2,4H,1H3;/q;;+1/p-1. The Balaban J connectivity index is -0.000000114. The zero-order chi connectivity index (χ0) is 8.57.